The Kier molecular flexibility index (Phi) is 5.83. The summed E-state index contributed by atoms with van der Waals surface area (Å²) in [7, 11) is 2.16. The van der Waals surface area contributed by atoms with Gasteiger partial charge in [0.05, 0.1) is 5.56 Å². The first kappa shape index (κ1) is 18.6. The second-order valence-electron chi connectivity index (χ2n) is 8.70. The number of hydrogen-bond donors (Lipinski definition) is 2. The van der Waals surface area contributed by atoms with Gasteiger partial charge in [-0.3, -0.25) is 0 Å². The van der Waals surface area contributed by atoms with Crippen molar-refractivity contribution in [2.75, 3.05) is 24.2 Å². The fourth-order valence-corrected chi connectivity index (χ4v) is 4.99. The van der Waals surface area contributed by atoms with E-state index < -0.39 is 0 Å². The fourth-order valence-electron chi connectivity index (χ4n) is 4.99. The van der Waals surface area contributed by atoms with Gasteiger partial charge in [-0.25, -0.2) is 4.98 Å². The predicted molar refractivity (Wildman–Crippen MR) is 110 cm³/mol. The first-order valence-electron chi connectivity index (χ1n) is 10.9. The molecule has 2 aliphatic carbocycles. The van der Waals surface area contributed by atoms with Crippen LogP contribution in [0.25, 0.3) is 0 Å². The van der Waals surface area contributed by atoms with E-state index in [1.54, 1.807) is 0 Å². The molecule has 0 amide bonds. The Bertz CT molecular complexity index is 696. The van der Waals surface area contributed by atoms with Gasteiger partial charge in [-0.15, -0.1) is 0 Å². The summed E-state index contributed by atoms with van der Waals surface area (Å²) in [6, 6.07) is 3.48. The van der Waals surface area contributed by atoms with Gasteiger partial charge in [0.15, 0.2) is 0 Å². The zero-order chi connectivity index (χ0) is 18.6. The number of anilines is 2. The first-order chi connectivity index (χ1) is 13.2. The van der Waals surface area contributed by atoms with E-state index in [1.165, 1.54) is 75.3 Å². The van der Waals surface area contributed by atoms with E-state index in [9.17, 15) is 5.26 Å². The summed E-state index contributed by atoms with van der Waals surface area (Å²) >= 11 is 0. The van der Waals surface area contributed by atoms with Gasteiger partial charge in [0, 0.05) is 30.7 Å². The maximum Gasteiger partial charge on any atom is 0.146 e. The number of rotatable bonds is 4. The molecule has 0 saturated heterocycles. The van der Waals surface area contributed by atoms with Crippen LogP contribution in [0.4, 0.5) is 11.6 Å². The minimum Gasteiger partial charge on any atom is -0.367 e. The lowest BCUT2D eigenvalue weighted by Gasteiger charge is -2.32. The molecule has 27 heavy (non-hydrogen) atoms. The molecule has 0 atom stereocenters. The molecule has 5 nitrogen and oxygen atoms in total. The maximum atomic E-state index is 9.92. The molecule has 0 bridgehead atoms. The Hall–Kier alpha value is -1.80. The third-order valence-electron chi connectivity index (χ3n) is 6.59. The van der Waals surface area contributed by atoms with Crippen LogP contribution in [0.15, 0.2) is 0 Å². The minimum atomic E-state index is 0.463. The highest BCUT2D eigenvalue weighted by Gasteiger charge is 2.27. The molecule has 5 heteroatoms. The van der Waals surface area contributed by atoms with Crippen LogP contribution in [0.1, 0.15) is 80.9 Å². The standard InChI is InChI=1S/C22H33N5/c1-27-13-12-18-19(14-23)21(24-16-8-4-2-5-9-16)26-22(20(18)15-27)25-17-10-6-3-7-11-17/h16-17H,2-13,15H2,1H3,(H2,24,25,26). The van der Waals surface area contributed by atoms with Crippen molar-refractivity contribution >= 4 is 11.6 Å². The minimum absolute atomic E-state index is 0.463. The number of nitriles is 1. The van der Waals surface area contributed by atoms with Crippen LogP contribution in [0.5, 0.6) is 0 Å². The van der Waals surface area contributed by atoms with Crippen molar-refractivity contribution in [3.8, 4) is 6.07 Å². The van der Waals surface area contributed by atoms with Gasteiger partial charge in [-0.2, -0.15) is 5.26 Å². The molecule has 4 rings (SSSR count). The van der Waals surface area contributed by atoms with Crippen molar-refractivity contribution in [2.45, 2.75) is 89.3 Å². The maximum absolute atomic E-state index is 9.92. The number of nitrogens with one attached hydrogen (secondary N) is 2. The van der Waals surface area contributed by atoms with Crippen molar-refractivity contribution in [3.05, 3.63) is 16.7 Å². The molecule has 1 aromatic heterocycles. The van der Waals surface area contributed by atoms with Gasteiger partial charge >= 0.3 is 0 Å². The fraction of sp³-hybridized carbons (Fsp3) is 0.727. The van der Waals surface area contributed by atoms with Crippen LogP contribution in [-0.4, -0.2) is 35.6 Å². The molecular formula is C22H33N5. The van der Waals surface area contributed by atoms with E-state index in [0.29, 0.717) is 12.1 Å². The molecular weight excluding hydrogens is 334 g/mol. The lowest BCUT2D eigenvalue weighted by atomic mass is 9.92. The third kappa shape index (κ3) is 4.21. The zero-order valence-electron chi connectivity index (χ0n) is 16.7. The Balaban J connectivity index is 1.67. The molecule has 2 fully saturated rings. The molecule has 0 unspecified atom stereocenters. The van der Waals surface area contributed by atoms with E-state index in [-0.39, 0.29) is 0 Å². The highest BCUT2D eigenvalue weighted by atomic mass is 15.1. The highest BCUT2D eigenvalue weighted by Crippen LogP contribution is 2.34. The molecule has 0 radical (unpaired) electrons. The molecule has 3 aliphatic rings. The molecule has 1 aliphatic heterocycles. The molecule has 2 N–H and O–H groups in total. The molecule has 146 valence electrons. The lowest BCUT2D eigenvalue weighted by molar-refractivity contribution is 0.312. The Labute approximate surface area is 163 Å². The Morgan fingerprint density at radius 2 is 1.48 bits per heavy atom. The summed E-state index contributed by atoms with van der Waals surface area (Å²) in [5, 5.41) is 17.3. The summed E-state index contributed by atoms with van der Waals surface area (Å²) in [4.78, 5) is 7.35. The van der Waals surface area contributed by atoms with Crippen LogP contribution in [0, 0.1) is 11.3 Å². The van der Waals surface area contributed by atoms with Crippen LogP contribution >= 0.6 is 0 Å². The summed E-state index contributed by atoms with van der Waals surface area (Å²) in [5.74, 6) is 1.85. The van der Waals surface area contributed by atoms with Crippen LogP contribution in [0.3, 0.4) is 0 Å². The van der Waals surface area contributed by atoms with Crippen molar-refractivity contribution in [1.29, 1.82) is 5.26 Å². The Morgan fingerprint density at radius 3 is 2.07 bits per heavy atom. The first-order valence-corrected chi connectivity index (χ1v) is 10.9. The Morgan fingerprint density at radius 1 is 0.889 bits per heavy atom. The van der Waals surface area contributed by atoms with E-state index in [2.05, 4.69) is 28.7 Å². The smallest absolute Gasteiger partial charge is 0.146 e. The normalized spacial score (nSPS) is 22.1. The molecule has 0 aromatic carbocycles. The predicted octanol–water partition coefficient (Wildman–Crippen LogP) is 4.43. The second kappa shape index (κ2) is 8.48. The average molecular weight is 368 g/mol. The van der Waals surface area contributed by atoms with Gasteiger partial charge in [-0.1, -0.05) is 38.5 Å². The molecule has 0 spiro atoms. The quantitative estimate of drug-likeness (QED) is 0.824. The average Bonchev–Trinajstić information content (AvgIpc) is 2.70. The van der Waals surface area contributed by atoms with Crippen molar-refractivity contribution in [3.63, 3.8) is 0 Å². The summed E-state index contributed by atoms with van der Waals surface area (Å²) in [6.07, 6.45) is 13.7. The van der Waals surface area contributed by atoms with E-state index >= 15 is 0 Å². The van der Waals surface area contributed by atoms with Gasteiger partial charge in [0.2, 0.25) is 0 Å². The van der Waals surface area contributed by atoms with Crippen LogP contribution in [-0.2, 0) is 13.0 Å². The third-order valence-corrected chi connectivity index (χ3v) is 6.59. The molecule has 2 saturated carbocycles. The number of nitrogens with zero attached hydrogens (tertiary/aromatic N) is 3. The largest absolute Gasteiger partial charge is 0.367 e. The topological polar surface area (TPSA) is 64.0 Å². The van der Waals surface area contributed by atoms with Crippen molar-refractivity contribution in [2.24, 2.45) is 0 Å². The monoisotopic (exact) mass is 367 g/mol. The van der Waals surface area contributed by atoms with Gasteiger partial charge < -0.3 is 15.5 Å². The summed E-state index contributed by atoms with van der Waals surface area (Å²) in [6.45, 7) is 1.90. The number of aromatic nitrogens is 1. The highest BCUT2D eigenvalue weighted by molar-refractivity contribution is 5.66. The van der Waals surface area contributed by atoms with E-state index in [4.69, 9.17) is 4.98 Å². The van der Waals surface area contributed by atoms with E-state index in [1.807, 2.05) is 0 Å². The lowest BCUT2D eigenvalue weighted by Crippen LogP contribution is -2.32. The zero-order valence-corrected chi connectivity index (χ0v) is 16.7. The van der Waals surface area contributed by atoms with Gasteiger partial charge in [0.25, 0.3) is 0 Å². The van der Waals surface area contributed by atoms with Gasteiger partial charge in [-0.05, 0) is 44.7 Å². The van der Waals surface area contributed by atoms with E-state index in [0.717, 1.165) is 36.7 Å². The number of hydrogen-bond acceptors (Lipinski definition) is 5. The molecule has 1 aromatic rings. The summed E-state index contributed by atoms with van der Waals surface area (Å²) in [5.41, 5.74) is 3.26. The van der Waals surface area contributed by atoms with Gasteiger partial charge in [0.1, 0.15) is 17.7 Å². The number of pyridine rings is 1. The SMILES string of the molecule is CN1CCc2c(C#N)c(NC3CCCCC3)nc(NC3CCCCC3)c2C1. The van der Waals surface area contributed by atoms with Crippen molar-refractivity contribution < 1.29 is 0 Å². The second-order valence-corrected chi connectivity index (χ2v) is 8.70. The summed E-state index contributed by atoms with van der Waals surface area (Å²) < 4.78 is 0. The number of fused-ring (bicyclic) bond motifs is 1. The van der Waals surface area contributed by atoms with Crippen LogP contribution < -0.4 is 10.6 Å². The van der Waals surface area contributed by atoms with Crippen LogP contribution in [0.2, 0.25) is 0 Å². The molecule has 2 heterocycles. The van der Waals surface area contributed by atoms with Crippen molar-refractivity contribution in [1.82, 2.24) is 9.88 Å². The number of likely N-dealkylation sites (N-methyl/N-ethyl adjacent to an activating group) is 1.